The van der Waals surface area contributed by atoms with E-state index in [0.29, 0.717) is 39.8 Å². The van der Waals surface area contributed by atoms with Gasteiger partial charge in [-0.3, -0.25) is 19.6 Å². The van der Waals surface area contributed by atoms with Crippen LogP contribution >= 0.6 is 0 Å². The Morgan fingerprint density at radius 2 is 0.857 bits per heavy atom. The van der Waals surface area contributed by atoms with Gasteiger partial charge in [0.25, 0.3) is 0 Å². The maximum atomic E-state index is 5.25. The average molecular weight is 1290 g/mol. The minimum atomic E-state index is 0.204. The molecule has 12 nitrogen and oxygen atoms in total. The number of likely N-dealkylation sites (N-methyl/N-ethyl adjacent to an activating group) is 1. The van der Waals surface area contributed by atoms with Crippen molar-refractivity contribution in [3.05, 3.63) is 48.6 Å². The highest BCUT2D eigenvalue weighted by atomic mass is 16.5. The molecule has 1 aromatic carbocycles. The Morgan fingerprint density at radius 3 is 1.16 bits per heavy atom. The van der Waals surface area contributed by atoms with Gasteiger partial charge < -0.3 is 41.5 Å². The second kappa shape index (κ2) is 49.9. The first-order valence-electron chi connectivity index (χ1n) is 36.8. The second-order valence-electron chi connectivity index (χ2n) is 35.6. The SMILES string of the molecule is C=CCNC(C)(C)C.CC(C)(C)N1CCCCC1.CC(C)(C)N1CCNCC1.CC(C)(C)N1CCOCC1.CC(C)(C)NCc1ccccc1.CC(C)NC(C)(C)C.CCC(C)NC(C)(C)C.CCCCCCCCNC(C)(C)C.CN1CCN(C(C)(C)C)CC1. The summed E-state index contributed by atoms with van der Waals surface area (Å²) < 4.78 is 5.25. The number of ether oxygens (including phenoxy) is 1. The van der Waals surface area contributed by atoms with Gasteiger partial charge in [-0.1, -0.05) is 103 Å². The minimum Gasteiger partial charge on any atom is -0.379 e. The summed E-state index contributed by atoms with van der Waals surface area (Å²) in [5, 5.41) is 20.4. The predicted molar refractivity (Wildman–Crippen MR) is 413 cm³/mol. The van der Waals surface area contributed by atoms with Crippen LogP contribution in [0.25, 0.3) is 0 Å². The second-order valence-corrected chi connectivity index (χ2v) is 35.6. The zero-order valence-corrected chi connectivity index (χ0v) is 68.1. The molecule has 6 N–H and O–H groups in total. The Bertz CT molecular complexity index is 1680. The van der Waals surface area contributed by atoms with Gasteiger partial charge in [-0.15, -0.1) is 6.58 Å². The normalized spacial score (nSPS) is 17.4. The molecule has 0 amide bonds. The van der Waals surface area contributed by atoms with Gasteiger partial charge in [0.15, 0.2) is 0 Å². The number of nitrogens with one attached hydrogen (secondary N) is 6. The van der Waals surface area contributed by atoms with E-state index in [1.165, 1.54) is 129 Å². The first-order chi connectivity index (χ1) is 41.4. The molecule has 4 fully saturated rings. The number of benzene rings is 1. The summed E-state index contributed by atoms with van der Waals surface area (Å²) in [6.07, 6.45) is 15.6. The molecule has 0 radical (unpaired) electrons. The van der Waals surface area contributed by atoms with E-state index in [2.05, 4.69) is 316 Å². The number of morpholine rings is 1. The summed E-state index contributed by atoms with van der Waals surface area (Å²) >= 11 is 0. The first-order valence-corrected chi connectivity index (χ1v) is 36.8. The molecule has 4 aliphatic heterocycles. The molecule has 0 saturated carbocycles. The number of hydrogen-bond donors (Lipinski definition) is 6. The quantitative estimate of drug-likeness (QED) is 0.0791. The van der Waals surface area contributed by atoms with E-state index in [-0.39, 0.29) is 22.2 Å². The number of rotatable bonds is 14. The van der Waals surface area contributed by atoms with Gasteiger partial charge in [0.1, 0.15) is 0 Å². The number of hydrogen-bond acceptors (Lipinski definition) is 12. The molecule has 91 heavy (non-hydrogen) atoms. The van der Waals surface area contributed by atoms with E-state index in [0.717, 1.165) is 52.5 Å². The van der Waals surface area contributed by atoms with Gasteiger partial charge in [-0.05, 0) is 252 Å². The lowest BCUT2D eigenvalue weighted by molar-refractivity contribution is -0.00389. The maximum absolute atomic E-state index is 5.25. The van der Waals surface area contributed by atoms with E-state index in [9.17, 15) is 0 Å². The monoisotopic (exact) mass is 1290 g/mol. The molecular weight excluding hydrogens is 1120 g/mol. The summed E-state index contributed by atoms with van der Waals surface area (Å²) in [7, 11) is 2.19. The minimum absolute atomic E-state index is 0.204. The van der Waals surface area contributed by atoms with Crippen molar-refractivity contribution in [1.82, 2.24) is 56.4 Å². The molecule has 4 aliphatic rings. The van der Waals surface area contributed by atoms with Crippen molar-refractivity contribution < 1.29 is 4.74 Å². The third-order valence-corrected chi connectivity index (χ3v) is 15.4. The van der Waals surface area contributed by atoms with Crippen LogP contribution in [0.5, 0.6) is 0 Å². The lowest BCUT2D eigenvalue weighted by Crippen LogP contribution is -2.52. The highest BCUT2D eigenvalue weighted by molar-refractivity contribution is 5.14. The summed E-state index contributed by atoms with van der Waals surface area (Å²) in [5.41, 5.74) is 4.07. The average Bonchev–Trinajstić information content (AvgIpc) is 2.54. The van der Waals surface area contributed by atoms with E-state index < -0.39 is 0 Å². The molecule has 5 rings (SSSR count). The van der Waals surface area contributed by atoms with Crippen LogP contribution in [0.1, 0.15) is 291 Å². The Kier molecular flexibility index (Phi) is 52.6. The number of unbranched alkanes of at least 4 members (excludes halogenated alkanes) is 5. The van der Waals surface area contributed by atoms with Crippen LogP contribution in [0.2, 0.25) is 0 Å². The topological polar surface area (TPSA) is 97.6 Å². The zero-order valence-electron chi connectivity index (χ0n) is 68.1. The van der Waals surface area contributed by atoms with Crippen LogP contribution in [0.4, 0.5) is 0 Å². The number of nitrogens with zero attached hydrogens (tertiary/aromatic N) is 5. The lowest BCUT2D eigenvalue weighted by atomic mass is 10.0. The van der Waals surface area contributed by atoms with Gasteiger partial charge in [0, 0.05) is 140 Å². The lowest BCUT2D eigenvalue weighted by Gasteiger charge is -2.41. The van der Waals surface area contributed by atoms with E-state index in [1.807, 2.05) is 12.1 Å². The highest BCUT2D eigenvalue weighted by Gasteiger charge is 2.26. The van der Waals surface area contributed by atoms with Crippen molar-refractivity contribution in [3.63, 3.8) is 0 Å². The fourth-order valence-electron chi connectivity index (χ4n) is 10.0. The van der Waals surface area contributed by atoms with Crippen molar-refractivity contribution in [3.8, 4) is 0 Å². The predicted octanol–water partition coefficient (Wildman–Crippen LogP) is 16.9. The van der Waals surface area contributed by atoms with E-state index in [1.54, 1.807) is 0 Å². The van der Waals surface area contributed by atoms with Gasteiger partial charge in [-0.2, -0.15) is 0 Å². The smallest absolute Gasteiger partial charge is 0.0594 e. The summed E-state index contributed by atoms with van der Waals surface area (Å²) in [4.78, 5) is 12.5. The maximum Gasteiger partial charge on any atom is 0.0594 e. The Labute approximate surface area is 573 Å². The molecule has 1 aromatic rings. The molecule has 0 bridgehead atoms. The molecule has 0 aromatic heterocycles. The molecule has 4 saturated heterocycles. The van der Waals surface area contributed by atoms with Crippen LogP contribution in [0.15, 0.2) is 43.0 Å². The van der Waals surface area contributed by atoms with Crippen LogP contribution in [0.3, 0.4) is 0 Å². The summed E-state index contributed by atoms with van der Waals surface area (Å²) in [5.74, 6) is 0. The molecule has 4 heterocycles. The van der Waals surface area contributed by atoms with Crippen LogP contribution in [-0.2, 0) is 11.3 Å². The Morgan fingerprint density at radius 1 is 0.462 bits per heavy atom. The molecule has 12 heteroatoms. The van der Waals surface area contributed by atoms with Crippen LogP contribution in [0, 0.1) is 0 Å². The first kappa shape index (κ1) is 95.9. The fourth-order valence-corrected chi connectivity index (χ4v) is 10.0. The van der Waals surface area contributed by atoms with E-state index in [4.69, 9.17) is 4.74 Å². The molecule has 546 valence electrons. The Hall–Kier alpha value is -1.52. The van der Waals surface area contributed by atoms with Crippen molar-refractivity contribution in [2.24, 2.45) is 0 Å². The summed E-state index contributed by atoms with van der Waals surface area (Å²) in [6.45, 7) is 93.9. The molecular formula is C79H169N11O. The van der Waals surface area contributed by atoms with Gasteiger partial charge in [0.2, 0.25) is 0 Å². The molecule has 0 aliphatic carbocycles. The highest BCUT2D eigenvalue weighted by Crippen LogP contribution is 2.20. The van der Waals surface area contributed by atoms with Gasteiger partial charge >= 0.3 is 0 Å². The van der Waals surface area contributed by atoms with Crippen LogP contribution in [-0.4, -0.2) is 198 Å². The fraction of sp³-hybridized carbons (Fsp3) is 0.899. The molecule has 1 atom stereocenters. The van der Waals surface area contributed by atoms with Gasteiger partial charge in [0.05, 0.1) is 13.2 Å². The number of piperidine rings is 1. The number of piperazine rings is 2. The molecule has 0 spiro atoms. The van der Waals surface area contributed by atoms with Gasteiger partial charge in [-0.25, -0.2) is 0 Å². The standard InChI is InChI=1S/C12H27N.C11H17N.C9H20N2.C9H19N.C8H18N2.C8H17NO.C8H19N.C7H17N.C7H15N/c1-5-6-7-8-9-10-11-13-12(2,3)4;1-11(2,3)12-9-10-7-5-4-6-8-10;1-9(2,3)11-7-5-10(4)6-8-11;1-9(2,3)10-7-5-4-6-8-10;1-8(2,3)10-6-4-9-5-7-10;1-8(2,3)9-4-6-10-7-5-9;1-6-7(2)9-8(3,4)5;1-6(2)8-7(3,4)5;1-5-6-8-7(2,3)4/h13H,5-11H2,1-4H3;4-8,12H,9H2,1-3H3;5-8H2,1-4H3;4-8H2,1-3H3;9H,4-7H2,1-3H3;4-7H2,1-3H3;7,9H,6H2,1-5H3;6,8H,1-5H3;5,8H,1,6H2,2-4H3. The van der Waals surface area contributed by atoms with Crippen molar-refractivity contribution >= 4 is 0 Å². The van der Waals surface area contributed by atoms with Crippen molar-refractivity contribution in [2.45, 2.75) is 354 Å². The third kappa shape index (κ3) is 69.6. The van der Waals surface area contributed by atoms with E-state index >= 15 is 0 Å². The molecule has 1 unspecified atom stereocenters. The largest absolute Gasteiger partial charge is 0.379 e. The van der Waals surface area contributed by atoms with Crippen LogP contribution < -0.4 is 31.9 Å². The third-order valence-electron chi connectivity index (χ3n) is 15.4. The zero-order chi connectivity index (χ0) is 71.4. The van der Waals surface area contributed by atoms with Crippen molar-refractivity contribution in [2.75, 3.05) is 112 Å². The Balaban J connectivity index is -0.000000470. The van der Waals surface area contributed by atoms with Crippen molar-refractivity contribution in [1.29, 1.82) is 0 Å². The number of likely N-dealkylation sites (tertiary alicyclic amines) is 1. The summed E-state index contributed by atoms with van der Waals surface area (Å²) in [6, 6.07) is 11.7.